The number of nitrogens with two attached hydrogens (primary N) is 1. The second kappa shape index (κ2) is 7.53. The molecule has 1 amide bonds. The first-order valence-corrected chi connectivity index (χ1v) is 6.27. The first-order chi connectivity index (χ1) is 9.00. The normalized spacial score (nSPS) is 11.9. The van der Waals surface area contributed by atoms with E-state index in [0.717, 1.165) is 5.56 Å². The highest BCUT2D eigenvalue weighted by Gasteiger charge is 2.13. The van der Waals surface area contributed by atoms with Crippen LogP contribution in [0.25, 0.3) is 0 Å². The molecule has 0 saturated carbocycles. The van der Waals surface area contributed by atoms with Gasteiger partial charge in [0.2, 0.25) is 5.91 Å². The number of carbonyl (C=O) groups is 2. The molecule has 0 aliphatic heterocycles. The lowest BCUT2D eigenvalue weighted by molar-refractivity contribution is -0.138. The smallest absolute Gasteiger partial charge is 0.305 e. The maximum atomic E-state index is 11.8. The van der Waals surface area contributed by atoms with Crippen molar-refractivity contribution in [2.24, 2.45) is 5.73 Å². The van der Waals surface area contributed by atoms with Crippen molar-refractivity contribution >= 4 is 11.9 Å². The van der Waals surface area contributed by atoms with Crippen LogP contribution in [0.15, 0.2) is 30.3 Å². The fourth-order valence-corrected chi connectivity index (χ4v) is 1.72. The summed E-state index contributed by atoms with van der Waals surface area (Å²) in [6.07, 6.45) is 0.847. The van der Waals surface area contributed by atoms with Gasteiger partial charge in [0.1, 0.15) is 0 Å². The van der Waals surface area contributed by atoms with Gasteiger partial charge in [-0.3, -0.25) is 9.59 Å². The molecular formula is C14H20N2O3. The van der Waals surface area contributed by atoms with Crippen molar-refractivity contribution in [3.8, 4) is 0 Å². The van der Waals surface area contributed by atoms with Gasteiger partial charge in [-0.25, -0.2) is 0 Å². The van der Waals surface area contributed by atoms with Crippen LogP contribution >= 0.6 is 0 Å². The summed E-state index contributed by atoms with van der Waals surface area (Å²) >= 11 is 0. The maximum Gasteiger partial charge on any atom is 0.305 e. The number of rotatable bonds is 7. The van der Waals surface area contributed by atoms with E-state index < -0.39 is 5.97 Å². The minimum Gasteiger partial charge on any atom is -0.481 e. The zero-order valence-corrected chi connectivity index (χ0v) is 11.1. The van der Waals surface area contributed by atoms with Gasteiger partial charge in [0.25, 0.3) is 0 Å². The first kappa shape index (κ1) is 15.2. The number of aliphatic carboxylic acids is 1. The molecule has 0 radical (unpaired) electrons. The van der Waals surface area contributed by atoms with Crippen LogP contribution in [-0.2, 0) is 9.59 Å². The molecule has 0 spiro atoms. The number of benzene rings is 1. The van der Waals surface area contributed by atoms with Gasteiger partial charge in [0.05, 0.1) is 6.42 Å². The van der Waals surface area contributed by atoms with E-state index in [1.165, 1.54) is 4.90 Å². The number of hydrogen-bond acceptors (Lipinski definition) is 3. The Bertz CT molecular complexity index is 420. The zero-order chi connectivity index (χ0) is 14.3. The fourth-order valence-electron chi connectivity index (χ4n) is 1.72. The highest BCUT2D eigenvalue weighted by molar-refractivity contribution is 5.76. The quantitative estimate of drug-likeness (QED) is 0.779. The maximum absolute atomic E-state index is 11.8. The van der Waals surface area contributed by atoms with Crippen molar-refractivity contribution in [1.82, 2.24) is 4.90 Å². The van der Waals surface area contributed by atoms with Crippen LogP contribution in [0.4, 0.5) is 0 Å². The highest BCUT2D eigenvalue weighted by Crippen LogP contribution is 2.15. The van der Waals surface area contributed by atoms with Crippen molar-refractivity contribution in [2.75, 3.05) is 13.6 Å². The topological polar surface area (TPSA) is 83.6 Å². The largest absolute Gasteiger partial charge is 0.481 e. The van der Waals surface area contributed by atoms with E-state index >= 15 is 0 Å². The molecule has 1 atom stereocenters. The Hall–Kier alpha value is -1.88. The van der Waals surface area contributed by atoms with Gasteiger partial charge >= 0.3 is 5.97 Å². The molecule has 104 valence electrons. The van der Waals surface area contributed by atoms with Crippen molar-refractivity contribution in [1.29, 1.82) is 0 Å². The lowest BCUT2D eigenvalue weighted by Gasteiger charge is -2.17. The molecule has 0 aliphatic rings. The summed E-state index contributed by atoms with van der Waals surface area (Å²) in [6, 6.07) is 9.44. The van der Waals surface area contributed by atoms with Crippen LogP contribution in [0, 0.1) is 0 Å². The zero-order valence-electron chi connectivity index (χ0n) is 11.1. The molecular weight excluding hydrogens is 244 g/mol. The van der Waals surface area contributed by atoms with Crippen LogP contribution in [0.5, 0.6) is 0 Å². The summed E-state index contributed by atoms with van der Waals surface area (Å²) < 4.78 is 0. The summed E-state index contributed by atoms with van der Waals surface area (Å²) in [5.74, 6) is -0.978. The first-order valence-electron chi connectivity index (χ1n) is 6.27. The van der Waals surface area contributed by atoms with Gasteiger partial charge < -0.3 is 15.7 Å². The van der Waals surface area contributed by atoms with Crippen LogP contribution in [0.1, 0.15) is 30.9 Å². The average molecular weight is 264 g/mol. The molecule has 5 heteroatoms. The molecule has 19 heavy (non-hydrogen) atoms. The molecule has 0 heterocycles. The standard InChI is InChI=1S/C14H20N2O3/c1-16(10-9-14(18)19)13(17)8-7-12(15)11-5-3-2-4-6-11/h2-6,12H,7-10,15H2,1H3,(H,18,19). The Morgan fingerprint density at radius 1 is 1.26 bits per heavy atom. The van der Waals surface area contributed by atoms with Gasteiger partial charge in [-0.05, 0) is 12.0 Å². The van der Waals surface area contributed by atoms with Gasteiger partial charge in [-0.2, -0.15) is 0 Å². The average Bonchev–Trinajstić information content (AvgIpc) is 2.42. The SMILES string of the molecule is CN(CCC(=O)O)C(=O)CCC(N)c1ccccc1. The minimum atomic E-state index is -0.902. The molecule has 1 aromatic rings. The van der Waals surface area contributed by atoms with Crippen LogP contribution in [-0.4, -0.2) is 35.5 Å². The van der Waals surface area contributed by atoms with E-state index in [-0.39, 0.29) is 24.9 Å². The molecule has 3 N–H and O–H groups in total. The van der Waals surface area contributed by atoms with Gasteiger partial charge in [-0.1, -0.05) is 30.3 Å². The minimum absolute atomic E-state index is 0.0347. The third kappa shape index (κ3) is 5.52. The summed E-state index contributed by atoms with van der Waals surface area (Å²) in [4.78, 5) is 23.6. The number of carbonyl (C=O) groups excluding carboxylic acids is 1. The summed E-state index contributed by atoms with van der Waals surface area (Å²) in [6.45, 7) is 0.231. The molecule has 0 fully saturated rings. The number of nitrogens with zero attached hydrogens (tertiary/aromatic N) is 1. The molecule has 0 bridgehead atoms. The molecule has 0 aromatic heterocycles. The monoisotopic (exact) mass is 264 g/mol. The molecule has 1 rings (SSSR count). The van der Waals surface area contributed by atoms with Crippen molar-refractivity contribution in [3.05, 3.63) is 35.9 Å². The van der Waals surface area contributed by atoms with E-state index in [2.05, 4.69) is 0 Å². The number of carboxylic acids is 1. The molecule has 1 aromatic carbocycles. The summed E-state index contributed by atoms with van der Waals surface area (Å²) in [5.41, 5.74) is 7.00. The Labute approximate surface area is 113 Å². The fraction of sp³-hybridized carbons (Fsp3) is 0.429. The molecule has 0 saturated heterocycles. The van der Waals surface area contributed by atoms with Crippen molar-refractivity contribution in [3.63, 3.8) is 0 Å². The van der Waals surface area contributed by atoms with E-state index in [1.807, 2.05) is 30.3 Å². The van der Waals surface area contributed by atoms with E-state index in [0.29, 0.717) is 12.8 Å². The predicted octanol–water partition coefficient (Wildman–Crippen LogP) is 1.40. The van der Waals surface area contributed by atoms with E-state index in [9.17, 15) is 9.59 Å². The van der Waals surface area contributed by atoms with Gasteiger partial charge in [0.15, 0.2) is 0 Å². The third-order valence-corrected chi connectivity index (χ3v) is 2.98. The second-order valence-corrected chi connectivity index (χ2v) is 4.51. The summed E-state index contributed by atoms with van der Waals surface area (Å²) in [7, 11) is 1.61. The van der Waals surface area contributed by atoms with Crippen molar-refractivity contribution in [2.45, 2.75) is 25.3 Å². The molecule has 1 unspecified atom stereocenters. The predicted molar refractivity (Wildman–Crippen MR) is 72.5 cm³/mol. The van der Waals surface area contributed by atoms with Gasteiger partial charge in [0, 0.05) is 26.1 Å². The van der Waals surface area contributed by atoms with Crippen LogP contribution in [0.3, 0.4) is 0 Å². The summed E-state index contributed by atoms with van der Waals surface area (Å²) in [5, 5.41) is 8.55. The molecule has 0 aliphatic carbocycles. The number of hydrogen-bond donors (Lipinski definition) is 2. The Balaban J connectivity index is 2.35. The number of carboxylic acid groups (broad SMARTS) is 1. The van der Waals surface area contributed by atoms with E-state index in [4.69, 9.17) is 10.8 Å². The Morgan fingerprint density at radius 2 is 1.89 bits per heavy atom. The Morgan fingerprint density at radius 3 is 2.47 bits per heavy atom. The Kier molecular flexibility index (Phi) is 6.02. The third-order valence-electron chi connectivity index (χ3n) is 2.98. The number of amides is 1. The second-order valence-electron chi connectivity index (χ2n) is 4.51. The van der Waals surface area contributed by atoms with Crippen LogP contribution < -0.4 is 5.73 Å². The van der Waals surface area contributed by atoms with Crippen LogP contribution in [0.2, 0.25) is 0 Å². The molecule has 5 nitrogen and oxygen atoms in total. The van der Waals surface area contributed by atoms with Crippen molar-refractivity contribution < 1.29 is 14.7 Å². The lowest BCUT2D eigenvalue weighted by atomic mass is 10.0. The van der Waals surface area contributed by atoms with Gasteiger partial charge in [-0.15, -0.1) is 0 Å². The lowest BCUT2D eigenvalue weighted by Crippen LogP contribution is -2.29. The van der Waals surface area contributed by atoms with E-state index in [1.54, 1.807) is 7.05 Å². The highest BCUT2D eigenvalue weighted by atomic mass is 16.4.